The van der Waals surface area contributed by atoms with Crippen molar-refractivity contribution in [3.63, 3.8) is 0 Å². The summed E-state index contributed by atoms with van der Waals surface area (Å²) in [5.74, 6) is 1.55. The van der Waals surface area contributed by atoms with Gasteiger partial charge in [-0.3, -0.25) is 9.59 Å². The number of morpholine rings is 1. The monoisotopic (exact) mass is 514 g/mol. The third-order valence-electron chi connectivity index (χ3n) is 4.79. The van der Waals surface area contributed by atoms with Crippen LogP contribution < -0.4 is 15.8 Å². The lowest BCUT2D eigenvalue weighted by molar-refractivity contribution is -0.121. The number of nitrogens with zero attached hydrogens (tertiary/aromatic N) is 4. The number of pyridine rings is 1. The first-order valence-corrected chi connectivity index (χ1v) is 11.5. The van der Waals surface area contributed by atoms with E-state index in [-0.39, 0.29) is 12.5 Å². The number of aryl methyl sites for hydroxylation is 1. The normalized spacial score (nSPS) is 13.1. The third-order valence-corrected chi connectivity index (χ3v) is 5.09. The van der Waals surface area contributed by atoms with Crippen molar-refractivity contribution in [3.8, 4) is 17.2 Å². The molecule has 0 radical (unpaired) electrons. The van der Waals surface area contributed by atoms with Gasteiger partial charge in [0.2, 0.25) is 24.1 Å². The molecule has 12 heteroatoms. The minimum absolute atomic E-state index is 0.242. The number of rotatable bonds is 8. The van der Waals surface area contributed by atoms with E-state index in [9.17, 15) is 9.59 Å². The highest BCUT2D eigenvalue weighted by Gasteiger charge is 2.10. The molecule has 0 atom stereocenters. The number of nitrogens with two attached hydrogens (primary N) is 1. The Balaban J connectivity index is 0.000000383. The molecule has 0 aliphatic carbocycles. The van der Waals surface area contributed by atoms with Gasteiger partial charge in [-0.25, -0.2) is 4.98 Å². The highest BCUT2D eigenvalue weighted by atomic mass is 35.5. The molecule has 3 N–H and O–H groups in total. The van der Waals surface area contributed by atoms with Crippen LogP contribution in [0.4, 0.5) is 5.82 Å². The number of carbonyl (C=O) groups is 2. The van der Waals surface area contributed by atoms with Crippen molar-refractivity contribution < 1.29 is 23.5 Å². The second-order valence-electron chi connectivity index (χ2n) is 7.51. The summed E-state index contributed by atoms with van der Waals surface area (Å²) in [6.45, 7) is 5.20. The zero-order chi connectivity index (χ0) is 25.8. The molecule has 1 fully saturated rings. The maximum absolute atomic E-state index is 11.8. The first kappa shape index (κ1) is 26.6. The topological polar surface area (TPSA) is 146 Å². The average Bonchev–Trinajstić information content (AvgIpc) is 3.34. The van der Waals surface area contributed by atoms with Crippen molar-refractivity contribution in [2.75, 3.05) is 45.2 Å². The summed E-state index contributed by atoms with van der Waals surface area (Å²) < 4.78 is 16.0. The Morgan fingerprint density at radius 1 is 1.25 bits per heavy atom. The number of nitrogen functional groups attached to an aromatic ring is 1. The second-order valence-corrected chi connectivity index (χ2v) is 7.92. The Hall–Kier alpha value is -3.96. The molecule has 3 heterocycles. The lowest BCUT2D eigenvalue weighted by Gasteiger charge is -2.21. The van der Waals surface area contributed by atoms with Gasteiger partial charge in [0.15, 0.2) is 0 Å². The lowest BCUT2D eigenvalue weighted by atomic mass is 10.2. The summed E-state index contributed by atoms with van der Waals surface area (Å²) in [6.07, 6.45) is 5.52. The summed E-state index contributed by atoms with van der Waals surface area (Å²) >= 11 is 6.23. The summed E-state index contributed by atoms with van der Waals surface area (Å²) in [6, 6.07) is 8.62. The van der Waals surface area contributed by atoms with Gasteiger partial charge in [-0.05, 0) is 42.0 Å². The van der Waals surface area contributed by atoms with Crippen LogP contribution in [0, 0.1) is 6.92 Å². The van der Waals surface area contributed by atoms with Gasteiger partial charge in [-0.2, -0.15) is 0 Å². The Morgan fingerprint density at radius 3 is 2.67 bits per heavy atom. The van der Waals surface area contributed by atoms with Gasteiger partial charge in [0.25, 0.3) is 0 Å². The molecule has 1 aliphatic rings. The molecule has 190 valence electrons. The lowest BCUT2D eigenvalue weighted by Crippen LogP contribution is -2.34. The van der Waals surface area contributed by atoms with E-state index in [2.05, 4.69) is 20.5 Å². The number of aromatic nitrogens is 3. The summed E-state index contributed by atoms with van der Waals surface area (Å²) in [5, 5.41) is 10.9. The first-order valence-electron chi connectivity index (χ1n) is 11.1. The van der Waals surface area contributed by atoms with Crippen molar-refractivity contribution in [1.29, 1.82) is 0 Å². The van der Waals surface area contributed by atoms with Gasteiger partial charge in [-0.1, -0.05) is 11.6 Å². The van der Waals surface area contributed by atoms with Crippen molar-refractivity contribution in [2.45, 2.75) is 6.92 Å². The molecule has 1 saturated heterocycles. The molecule has 0 unspecified atom stereocenters. The number of amides is 2. The van der Waals surface area contributed by atoms with Crippen LogP contribution >= 0.6 is 11.6 Å². The van der Waals surface area contributed by atoms with Crippen LogP contribution in [0.25, 0.3) is 17.5 Å². The summed E-state index contributed by atoms with van der Waals surface area (Å²) in [4.78, 5) is 27.5. The van der Waals surface area contributed by atoms with Crippen LogP contribution in [0.2, 0.25) is 5.02 Å². The SMILES string of the molecule is Cc1nnc(-c2ccc(OCCNC(=O)/C=C/c3ccc(N)nc3)c(Cl)c2)o1.O=CN1CCOCC1. The zero-order valence-electron chi connectivity index (χ0n) is 19.7. The number of ether oxygens (including phenoxy) is 2. The fourth-order valence-electron chi connectivity index (χ4n) is 2.93. The van der Waals surface area contributed by atoms with E-state index < -0.39 is 0 Å². The van der Waals surface area contributed by atoms with E-state index in [1.54, 1.807) is 54.4 Å². The Bertz CT molecular complexity index is 1160. The predicted octanol–water partition coefficient (Wildman–Crippen LogP) is 2.36. The van der Waals surface area contributed by atoms with E-state index in [4.69, 9.17) is 31.2 Å². The second kappa shape index (κ2) is 13.8. The highest BCUT2D eigenvalue weighted by Crippen LogP contribution is 2.29. The average molecular weight is 515 g/mol. The molecule has 1 aliphatic heterocycles. The van der Waals surface area contributed by atoms with E-state index in [0.717, 1.165) is 25.1 Å². The molecule has 0 spiro atoms. The van der Waals surface area contributed by atoms with E-state index in [1.807, 2.05) is 0 Å². The van der Waals surface area contributed by atoms with Crippen LogP contribution in [-0.4, -0.2) is 71.9 Å². The van der Waals surface area contributed by atoms with Crippen LogP contribution in [0.3, 0.4) is 0 Å². The summed E-state index contributed by atoms with van der Waals surface area (Å²) in [5.41, 5.74) is 7.00. The molecule has 36 heavy (non-hydrogen) atoms. The predicted molar refractivity (Wildman–Crippen MR) is 134 cm³/mol. The number of hydrogen-bond donors (Lipinski definition) is 2. The highest BCUT2D eigenvalue weighted by molar-refractivity contribution is 6.32. The Kier molecular flexibility index (Phi) is 10.2. The van der Waals surface area contributed by atoms with Gasteiger partial charge in [0.1, 0.15) is 18.2 Å². The minimum Gasteiger partial charge on any atom is -0.490 e. The number of nitrogens with one attached hydrogen (secondary N) is 1. The third kappa shape index (κ3) is 8.67. The number of hydrogen-bond acceptors (Lipinski definition) is 9. The van der Waals surface area contributed by atoms with Gasteiger partial charge in [-0.15, -0.1) is 10.2 Å². The van der Waals surface area contributed by atoms with E-state index >= 15 is 0 Å². The smallest absolute Gasteiger partial charge is 0.247 e. The molecule has 1 aromatic carbocycles. The van der Waals surface area contributed by atoms with E-state index in [0.29, 0.717) is 53.7 Å². The molecular formula is C24H27ClN6O5. The molecule has 2 amide bonds. The van der Waals surface area contributed by atoms with Gasteiger partial charge in [0.05, 0.1) is 24.8 Å². The van der Waals surface area contributed by atoms with Gasteiger partial charge in [0, 0.05) is 37.8 Å². The van der Waals surface area contributed by atoms with Crippen molar-refractivity contribution in [1.82, 2.24) is 25.4 Å². The molecule has 2 aromatic heterocycles. The number of benzene rings is 1. The van der Waals surface area contributed by atoms with Crippen LogP contribution in [0.15, 0.2) is 47.0 Å². The first-order chi connectivity index (χ1) is 17.4. The van der Waals surface area contributed by atoms with Crippen LogP contribution in [0.5, 0.6) is 5.75 Å². The molecule has 3 aromatic rings. The van der Waals surface area contributed by atoms with Gasteiger partial charge >= 0.3 is 0 Å². The van der Waals surface area contributed by atoms with Crippen molar-refractivity contribution in [2.24, 2.45) is 0 Å². The van der Waals surface area contributed by atoms with E-state index in [1.165, 1.54) is 6.08 Å². The molecular weight excluding hydrogens is 488 g/mol. The molecule has 4 rings (SSSR count). The zero-order valence-corrected chi connectivity index (χ0v) is 20.5. The standard InChI is InChI=1S/C19H18ClN5O3.C5H9NO2/c1-12-24-25-19(28-12)14-4-5-16(15(20)10-14)27-9-8-22-18(26)7-3-13-2-6-17(21)23-11-13;7-5-6-1-3-8-4-2-6/h2-7,10-11H,8-9H2,1H3,(H2,21,23)(H,22,26);5H,1-4H2/b7-3+;. The largest absolute Gasteiger partial charge is 0.490 e. The molecule has 11 nitrogen and oxygen atoms in total. The van der Waals surface area contributed by atoms with Crippen LogP contribution in [0.1, 0.15) is 11.5 Å². The quantitative estimate of drug-likeness (QED) is 0.262. The molecule has 0 saturated carbocycles. The van der Waals surface area contributed by atoms with Gasteiger partial charge < -0.3 is 29.8 Å². The van der Waals surface area contributed by atoms with Crippen molar-refractivity contribution in [3.05, 3.63) is 59.1 Å². The number of anilines is 1. The maximum atomic E-state index is 11.8. The van der Waals surface area contributed by atoms with Crippen LogP contribution in [-0.2, 0) is 14.3 Å². The summed E-state index contributed by atoms with van der Waals surface area (Å²) in [7, 11) is 0. The fraction of sp³-hybridized carbons (Fsp3) is 0.292. The minimum atomic E-state index is -0.242. The molecule has 0 bridgehead atoms. The fourth-order valence-corrected chi connectivity index (χ4v) is 3.16. The Labute approximate surface area is 213 Å². The maximum Gasteiger partial charge on any atom is 0.247 e. The number of carbonyl (C=O) groups excluding carboxylic acids is 2. The Morgan fingerprint density at radius 2 is 2.06 bits per heavy atom. The van der Waals surface area contributed by atoms with Crippen molar-refractivity contribution >= 4 is 35.8 Å². The number of halogens is 1.